The van der Waals surface area contributed by atoms with E-state index in [4.69, 9.17) is 4.98 Å². The highest BCUT2D eigenvalue weighted by molar-refractivity contribution is 5.75. The lowest BCUT2D eigenvalue weighted by Gasteiger charge is -2.26. The summed E-state index contributed by atoms with van der Waals surface area (Å²) in [4.78, 5) is 4.94. The Balaban J connectivity index is 2.82. The first-order chi connectivity index (χ1) is 12.1. The number of aryl methyl sites for hydroxylation is 2. The summed E-state index contributed by atoms with van der Waals surface area (Å²) in [5.41, 5.74) is 8.01. The van der Waals surface area contributed by atoms with Crippen LogP contribution >= 0.6 is 0 Å². The van der Waals surface area contributed by atoms with Crippen LogP contribution in [0.4, 0.5) is 0 Å². The Bertz CT molecular complexity index is 800. The molecule has 1 heterocycles. The molecule has 0 aliphatic heterocycles. The predicted molar refractivity (Wildman–Crippen MR) is 110 cm³/mol. The largest absolute Gasteiger partial charge is 0.258 e. The first-order valence-corrected chi connectivity index (χ1v) is 9.44. The highest BCUT2D eigenvalue weighted by atomic mass is 14.7. The van der Waals surface area contributed by atoms with Crippen molar-refractivity contribution in [2.45, 2.75) is 61.3 Å². The summed E-state index contributed by atoms with van der Waals surface area (Å²) >= 11 is 0. The fraction of sp³-hybridized carbons (Fsp3) is 0.458. The maximum absolute atomic E-state index is 9.41. The van der Waals surface area contributed by atoms with Crippen LogP contribution in [-0.4, -0.2) is 4.98 Å². The molecule has 0 atom stereocenters. The zero-order chi connectivity index (χ0) is 19.5. The van der Waals surface area contributed by atoms with Gasteiger partial charge in [-0.3, -0.25) is 4.98 Å². The summed E-state index contributed by atoms with van der Waals surface area (Å²) in [6, 6.07) is 11.0. The third-order valence-electron chi connectivity index (χ3n) is 4.40. The zero-order valence-corrected chi connectivity index (χ0v) is 17.3. The van der Waals surface area contributed by atoms with Crippen LogP contribution in [0.25, 0.3) is 11.1 Å². The lowest BCUT2D eigenvalue weighted by Crippen LogP contribution is -2.15. The van der Waals surface area contributed by atoms with Crippen molar-refractivity contribution in [2.75, 3.05) is 0 Å². The van der Waals surface area contributed by atoms with Gasteiger partial charge in [0.1, 0.15) is 0 Å². The van der Waals surface area contributed by atoms with Crippen LogP contribution in [0.3, 0.4) is 0 Å². The fourth-order valence-corrected chi connectivity index (χ4v) is 3.29. The van der Waals surface area contributed by atoms with E-state index in [0.717, 1.165) is 23.4 Å². The molecule has 0 aliphatic carbocycles. The van der Waals surface area contributed by atoms with Crippen LogP contribution < -0.4 is 0 Å². The summed E-state index contributed by atoms with van der Waals surface area (Å²) in [5, 5.41) is 9.41. The standard InChI is InChI=1S/C24H31N2/c1-16(2)14-22-21(15-24(5,6)7)23(19-10-8-17(3)9-11-19)20(12-13-25)18(4)26-22/h8-11,15-16H,12,14H2,1-7H3. The molecule has 0 saturated carbocycles. The molecule has 0 unspecified atom stereocenters. The molecule has 0 aliphatic rings. The van der Waals surface area contributed by atoms with Gasteiger partial charge in [-0.25, -0.2) is 0 Å². The first-order valence-electron chi connectivity index (χ1n) is 9.44. The van der Waals surface area contributed by atoms with Crippen molar-refractivity contribution in [3.8, 4) is 17.2 Å². The molecule has 2 rings (SSSR count). The number of aromatic nitrogens is 1. The molecule has 0 fully saturated rings. The number of hydrogen-bond acceptors (Lipinski definition) is 2. The van der Waals surface area contributed by atoms with Gasteiger partial charge in [-0.05, 0) is 60.3 Å². The van der Waals surface area contributed by atoms with E-state index in [1.54, 1.807) is 0 Å². The molecule has 1 radical (unpaired) electrons. The third-order valence-corrected chi connectivity index (χ3v) is 4.40. The van der Waals surface area contributed by atoms with Gasteiger partial charge >= 0.3 is 0 Å². The van der Waals surface area contributed by atoms with Crippen LogP contribution in [0, 0.1) is 42.9 Å². The van der Waals surface area contributed by atoms with Gasteiger partial charge in [-0.15, -0.1) is 0 Å². The monoisotopic (exact) mass is 347 g/mol. The molecule has 2 heteroatoms. The Morgan fingerprint density at radius 2 is 1.73 bits per heavy atom. The summed E-state index contributed by atoms with van der Waals surface area (Å²) in [6.45, 7) is 15.2. The zero-order valence-electron chi connectivity index (χ0n) is 17.3. The van der Waals surface area contributed by atoms with Gasteiger partial charge in [0.15, 0.2) is 0 Å². The average molecular weight is 348 g/mol. The molecule has 0 bridgehead atoms. The van der Waals surface area contributed by atoms with Crippen LogP contribution in [0.15, 0.2) is 24.3 Å². The summed E-state index contributed by atoms with van der Waals surface area (Å²) in [5.74, 6) is 0.529. The maximum atomic E-state index is 9.41. The van der Waals surface area contributed by atoms with Crippen LogP contribution in [0.1, 0.15) is 62.7 Å². The SMILES string of the molecule is Cc1ccc(-c2c([CH]C(C)(C)C)c(CC(C)C)nc(C)c2CC#N)cc1. The highest BCUT2D eigenvalue weighted by Gasteiger charge is 2.24. The van der Waals surface area contributed by atoms with Crippen molar-refractivity contribution in [2.24, 2.45) is 11.3 Å². The van der Waals surface area contributed by atoms with E-state index < -0.39 is 0 Å². The van der Waals surface area contributed by atoms with Crippen molar-refractivity contribution in [3.63, 3.8) is 0 Å². The van der Waals surface area contributed by atoms with Gasteiger partial charge in [-0.2, -0.15) is 5.26 Å². The second-order valence-corrected chi connectivity index (χ2v) is 8.72. The third kappa shape index (κ3) is 4.94. The number of benzene rings is 1. The highest BCUT2D eigenvalue weighted by Crippen LogP contribution is 2.37. The summed E-state index contributed by atoms with van der Waals surface area (Å²) in [6.07, 6.45) is 3.65. The van der Waals surface area contributed by atoms with Crippen molar-refractivity contribution in [1.29, 1.82) is 5.26 Å². The van der Waals surface area contributed by atoms with Crippen LogP contribution in [0.2, 0.25) is 0 Å². The molecule has 1 aromatic heterocycles. The molecule has 1 aromatic carbocycles. The molecule has 0 spiro atoms. The van der Waals surface area contributed by atoms with E-state index in [9.17, 15) is 5.26 Å². The lowest BCUT2D eigenvalue weighted by atomic mass is 9.80. The second kappa shape index (κ2) is 8.04. The fourth-order valence-electron chi connectivity index (χ4n) is 3.29. The summed E-state index contributed by atoms with van der Waals surface area (Å²) < 4.78 is 0. The molecule has 26 heavy (non-hydrogen) atoms. The van der Waals surface area contributed by atoms with Crippen LogP contribution in [-0.2, 0) is 12.8 Å². The molecule has 0 saturated heterocycles. The van der Waals surface area contributed by atoms with E-state index in [0.29, 0.717) is 12.3 Å². The Morgan fingerprint density at radius 3 is 2.23 bits per heavy atom. The number of nitriles is 1. The number of pyridine rings is 1. The molecular formula is C24H31N2. The lowest BCUT2D eigenvalue weighted by molar-refractivity contribution is 0.502. The normalized spacial score (nSPS) is 11.7. The van der Waals surface area contributed by atoms with Gasteiger partial charge in [0.05, 0.1) is 12.5 Å². The molecule has 0 N–H and O–H groups in total. The number of nitrogens with zero attached hydrogens (tertiary/aromatic N) is 2. The number of hydrogen-bond donors (Lipinski definition) is 0. The summed E-state index contributed by atoms with van der Waals surface area (Å²) in [7, 11) is 0. The van der Waals surface area contributed by atoms with E-state index in [1.165, 1.54) is 22.3 Å². The van der Waals surface area contributed by atoms with Gasteiger partial charge in [0.2, 0.25) is 0 Å². The Kier molecular flexibility index (Phi) is 6.24. The molecule has 0 amide bonds. The van der Waals surface area contributed by atoms with Crippen molar-refractivity contribution in [1.82, 2.24) is 4.98 Å². The van der Waals surface area contributed by atoms with Gasteiger partial charge < -0.3 is 0 Å². The molecule has 2 aromatic rings. The Morgan fingerprint density at radius 1 is 1.12 bits per heavy atom. The number of rotatable bonds is 5. The van der Waals surface area contributed by atoms with Crippen LogP contribution in [0.5, 0.6) is 0 Å². The minimum absolute atomic E-state index is 0.0338. The quantitative estimate of drug-likeness (QED) is 0.643. The minimum Gasteiger partial charge on any atom is -0.258 e. The van der Waals surface area contributed by atoms with E-state index in [1.807, 2.05) is 6.92 Å². The maximum Gasteiger partial charge on any atom is 0.0670 e. The second-order valence-electron chi connectivity index (χ2n) is 8.72. The first kappa shape index (κ1) is 20.2. The Labute approximate surface area is 159 Å². The molecule has 2 nitrogen and oxygen atoms in total. The minimum atomic E-state index is 0.0338. The van der Waals surface area contributed by atoms with Crippen molar-refractivity contribution < 1.29 is 0 Å². The molecular weight excluding hydrogens is 316 g/mol. The topological polar surface area (TPSA) is 36.7 Å². The average Bonchev–Trinajstić information content (AvgIpc) is 2.51. The van der Waals surface area contributed by atoms with E-state index in [2.05, 4.69) is 78.3 Å². The van der Waals surface area contributed by atoms with Crippen molar-refractivity contribution >= 4 is 0 Å². The van der Waals surface area contributed by atoms with Crippen molar-refractivity contribution in [3.05, 3.63) is 58.8 Å². The Hall–Kier alpha value is -2.14. The van der Waals surface area contributed by atoms with Gasteiger partial charge in [0.25, 0.3) is 0 Å². The molecule has 137 valence electrons. The predicted octanol–water partition coefficient (Wildman–Crippen LogP) is 6.23. The van der Waals surface area contributed by atoms with Gasteiger partial charge in [0, 0.05) is 11.4 Å². The van der Waals surface area contributed by atoms with E-state index in [-0.39, 0.29) is 5.41 Å². The van der Waals surface area contributed by atoms with Gasteiger partial charge in [-0.1, -0.05) is 64.4 Å². The van der Waals surface area contributed by atoms with E-state index >= 15 is 0 Å². The smallest absolute Gasteiger partial charge is 0.0670 e.